The van der Waals surface area contributed by atoms with Gasteiger partial charge in [0, 0.05) is 11.5 Å². The lowest BCUT2D eigenvalue weighted by Gasteiger charge is -2.03. The molecule has 1 N–H and O–H groups in total. The Kier molecular flexibility index (Phi) is 1.77. The largest absolute Gasteiger partial charge is 0.507 e. The zero-order valence-electron chi connectivity index (χ0n) is 6.64. The van der Waals surface area contributed by atoms with Crippen LogP contribution < -0.4 is 5.56 Å². The lowest BCUT2D eigenvalue weighted by Crippen LogP contribution is -2.11. The quantitative estimate of drug-likeness (QED) is 0.621. The standard InChI is InChI=1S/C9H7NO2S/c11-8-5-9(12)10(13)7-4-2-1-3-6(7)8/h1-5,11,13H. The molecule has 0 unspecified atom stereocenters. The summed E-state index contributed by atoms with van der Waals surface area (Å²) in [6.45, 7) is 0. The second-order valence-corrected chi connectivity index (χ2v) is 3.10. The fraction of sp³-hybridized carbons (Fsp3) is 0. The van der Waals surface area contributed by atoms with Crippen molar-refractivity contribution in [2.75, 3.05) is 0 Å². The van der Waals surface area contributed by atoms with E-state index in [4.69, 9.17) is 0 Å². The topological polar surface area (TPSA) is 42.2 Å². The zero-order valence-corrected chi connectivity index (χ0v) is 7.53. The van der Waals surface area contributed by atoms with E-state index in [2.05, 4.69) is 12.8 Å². The van der Waals surface area contributed by atoms with Crippen molar-refractivity contribution in [1.82, 2.24) is 3.97 Å². The third kappa shape index (κ3) is 1.19. The normalized spacial score (nSPS) is 10.5. The molecule has 0 atom stereocenters. The van der Waals surface area contributed by atoms with E-state index in [1.165, 1.54) is 3.97 Å². The van der Waals surface area contributed by atoms with Crippen LogP contribution in [0.2, 0.25) is 0 Å². The number of pyridine rings is 1. The van der Waals surface area contributed by atoms with Gasteiger partial charge in [-0.05, 0) is 12.1 Å². The summed E-state index contributed by atoms with van der Waals surface area (Å²) < 4.78 is 1.20. The molecule has 66 valence electrons. The van der Waals surface area contributed by atoms with E-state index < -0.39 is 0 Å². The van der Waals surface area contributed by atoms with Crippen LogP contribution >= 0.6 is 12.8 Å². The summed E-state index contributed by atoms with van der Waals surface area (Å²) in [7, 11) is 0. The highest BCUT2D eigenvalue weighted by Crippen LogP contribution is 2.21. The maximum Gasteiger partial charge on any atom is 0.264 e. The van der Waals surface area contributed by atoms with Crippen molar-refractivity contribution in [2.24, 2.45) is 0 Å². The van der Waals surface area contributed by atoms with Gasteiger partial charge in [0.05, 0.1) is 5.52 Å². The van der Waals surface area contributed by atoms with Gasteiger partial charge in [0.2, 0.25) is 0 Å². The van der Waals surface area contributed by atoms with Crippen molar-refractivity contribution < 1.29 is 5.11 Å². The van der Waals surface area contributed by atoms with E-state index in [1.54, 1.807) is 24.3 Å². The second-order valence-electron chi connectivity index (χ2n) is 2.70. The van der Waals surface area contributed by atoms with Gasteiger partial charge in [-0.1, -0.05) is 24.9 Å². The number of aromatic hydroxyl groups is 1. The highest BCUT2D eigenvalue weighted by molar-refractivity contribution is 7.78. The number of para-hydroxylation sites is 1. The SMILES string of the molecule is O=c1cc(O)c2ccccc2n1S. The van der Waals surface area contributed by atoms with E-state index in [-0.39, 0.29) is 11.3 Å². The maximum atomic E-state index is 11.2. The van der Waals surface area contributed by atoms with E-state index in [9.17, 15) is 9.90 Å². The van der Waals surface area contributed by atoms with Crippen LogP contribution in [0.1, 0.15) is 0 Å². The van der Waals surface area contributed by atoms with E-state index in [0.29, 0.717) is 10.9 Å². The Morgan fingerprint density at radius 2 is 2.00 bits per heavy atom. The minimum Gasteiger partial charge on any atom is -0.507 e. The molecule has 13 heavy (non-hydrogen) atoms. The molecule has 1 heterocycles. The van der Waals surface area contributed by atoms with Crippen molar-refractivity contribution in [2.45, 2.75) is 0 Å². The van der Waals surface area contributed by atoms with Gasteiger partial charge in [-0.15, -0.1) is 0 Å². The van der Waals surface area contributed by atoms with Crippen LogP contribution in [-0.2, 0) is 0 Å². The molecule has 0 aliphatic carbocycles. The third-order valence-electron chi connectivity index (χ3n) is 1.88. The van der Waals surface area contributed by atoms with Gasteiger partial charge >= 0.3 is 0 Å². The number of benzene rings is 1. The summed E-state index contributed by atoms with van der Waals surface area (Å²) in [4.78, 5) is 11.2. The Labute approximate surface area is 79.8 Å². The lowest BCUT2D eigenvalue weighted by molar-refractivity contribution is 0.480. The minimum atomic E-state index is -0.334. The van der Waals surface area contributed by atoms with Crippen molar-refractivity contribution in [3.8, 4) is 5.75 Å². The van der Waals surface area contributed by atoms with Crippen LogP contribution in [0.5, 0.6) is 5.75 Å². The molecule has 0 saturated heterocycles. The average Bonchev–Trinajstić information content (AvgIpc) is 2.15. The first-order valence-electron chi connectivity index (χ1n) is 3.73. The highest BCUT2D eigenvalue weighted by Gasteiger charge is 2.03. The molecule has 1 aromatic heterocycles. The first-order valence-corrected chi connectivity index (χ1v) is 4.13. The summed E-state index contributed by atoms with van der Waals surface area (Å²) in [6, 6.07) is 8.18. The lowest BCUT2D eigenvalue weighted by atomic mass is 10.2. The molecule has 2 rings (SSSR count). The van der Waals surface area contributed by atoms with Crippen molar-refractivity contribution in [1.29, 1.82) is 0 Å². The number of aromatic nitrogens is 1. The van der Waals surface area contributed by atoms with Gasteiger partial charge in [0.15, 0.2) is 0 Å². The number of fused-ring (bicyclic) bond motifs is 1. The van der Waals surface area contributed by atoms with E-state index in [1.807, 2.05) is 0 Å². The van der Waals surface area contributed by atoms with Gasteiger partial charge in [0.1, 0.15) is 5.75 Å². The van der Waals surface area contributed by atoms with Crippen LogP contribution in [0.4, 0.5) is 0 Å². The third-order valence-corrected chi connectivity index (χ3v) is 2.29. The van der Waals surface area contributed by atoms with Gasteiger partial charge in [0.25, 0.3) is 5.56 Å². The molecule has 0 radical (unpaired) electrons. The van der Waals surface area contributed by atoms with Gasteiger partial charge < -0.3 is 5.11 Å². The molecular formula is C9H7NO2S. The van der Waals surface area contributed by atoms with Gasteiger partial charge in [-0.25, -0.2) is 0 Å². The molecule has 0 saturated carbocycles. The van der Waals surface area contributed by atoms with Crippen molar-refractivity contribution in [3.63, 3.8) is 0 Å². The molecule has 4 heteroatoms. The zero-order chi connectivity index (χ0) is 9.42. The summed E-state index contributed by atoms with van der Waals surface area (Å²) >= 11 is 4.00. The summed E-state index contributed by atoms with van der Waals surface area (Å²) in [5, 5.41) is 10.1. The maximum absolute atomic E-state index is 11.2. The Bertz CT molecular complexity index is 518. The molecular weight excluding hydrogens is 186 g/mol. The Morgan fingerprint density at radius 1 is 1.31 bits per heavy atom. The van der Waals surface area contributed by atoms with Crippen LogP contribution in [0, 0.1) is 0 Å². The van der Waals surface area contributed by atoms with E-state index in [0.717, 1.165) is 6.07 Å². The first kappa shape index (κ1) is 8.19. The van der Waals surface area contributed by atoms with Crippen LogP contribution in [-0.4, -0.2) is 9.08 Å². The fourth-order valence-corrected chi connectivity index (χ4v) is 1.48. The van der Waals surface area contributed by atoms with Crippen molar-refractivity contribution >= 4 is 23.7 Å². The molecule has 0 aliphatic heterocycles. The molecule has 0 aliphatic rings. The summed E-state index contributed by atoms with van der Waals surface area (Å²) in [5.74, 6) is -0.00843. The molecule has 1 aromatic carbocycles. The molecule has 0 amide bonds. The summed E-state index contributed by atoms with van der Waals surface area (Å²) in [6.07, 6.45) is 0. The monoisotopic (exact) mass is 193 g/mol. The smallest absolute Gasteiger partial charge is 0.264 e. The Balaban J connectivity index is 3.06. The number of nitrogens with zero attached hydrogens (tertiary/aromatic N) is 1. The molecule has 0 spiro atoms. The van der Waals surface area contributed by atoms with Gasteiger partial charge in [-0.2, -0.15) is 0 Å². The Morgan fingerprint density at radius 3 is 2.77 bits per heavy atom. The van der Waals surface area contributed by atoms with Crippen molar-refractivity contribution in [3.05, 3.63) is 40.7 Å². The number of hydrogen-bond acceptors (Lipinski definition) is 3. The predicted octanol–water partition coefficient (Wildman–Crippen LogP) is 1.40. The summed E-state index contributed by atoms with van der Waals surface area (Å²) in [5.41, 5.74) is 0.273. The van der Waals surface area contributed by atoms with Crippen LogP contribution in [0.3, 0.4) is 0 Å². The molecule has 0 bridgehead atoms. The van der Waals surface area contributed by atoms with E-state index >= 15 is 0 Å². The first-order chi connectivity index (χ1) is 6.20. The van der Waals surface area contributed by atoms with Gasteiger partial charge in [-0.3, -0.25) is 8.77 Å². The molecule has 2 aromatic rings. The predicted molar refractivity (Wildman–Crippen MR) is 54.3 cm³/mol. The Hall–Kier alpha value is -1.42. The van der Waals surface area contributed by atoms with Crippen LogP contribution in [0.25, 0.3) is 10.9 Å². The molecule has 3 nitrogen and oxygen atoms in total. The second kappa shape index (κ2) is 2.81. The molecule has 0 fully saturated rings. The number of thiol groups is 1. The number of rotatable bonds is 0. The minimum absolute atomic E-state index is 0.00843. The number of hydrogen-bond donors (Lipinski definition) is 2. The average molecular weight is 193 g/mol. The van der Waals surface area contributed by atoms with Crippen LogP contribution in [0.15, 0.2) is 35.1 Å². The fourth-order valence-electron chi connectivity index (χ4n) is 1.25. The highest BCUT2D eigenvalue weighted by atomic mass is 32.1.